The van der Waals surface area contributed by atoms with E-state index in [1.54, 1.807) is 0 Å². The molecule has 0 fully saturated rings. The fourth-order valence-corrected chi connectivity index (χ4v) is 0.978. The van der Waals surface area contributed by atoms with Crippen LogP contribution in [0, 0.1) is 15.9 Å². The highest BCUT2D eigenvalue weighted by Crippen LogP contribution is 2.21. The molecule has 0 spiro atoms. The summed E-state index contributed by atoms with van der Waals surface area (Å²) < 4.78 is 13.2. The van der Waals surface area contributed by atoms with Crippen LogP contribution in [0.4, 0.5) is 10.1 Å². The predicted octanol–water partition coefficient (Wildman–Crippen LogP) is 1.83. The summed E-state index contributed by atoms with van der Waals surface area (Å²) in [7, 11) is 0. The average molecular weight is 211 g/mol. The van der Waals surface area contributed by atoms with Gasteiger partial charge in [-0.15, -0.1) is 0 Å². The van der Waals surface area contributed by atoms with Gasteiger partial charge in [-0.25, -0.2) is 9.18 Å². The van der Waals surface area contributed by atoms with Crippen LogP contribution in [0.5, 0.6) is 0 Å². The molecule has 0 aromatic heterocycles. The van der Waals surface area contributed by atoms with E-state index >= 15 is 0 Å². The van der Waals surface area contributed by atoms with Gasteiger partial charge in [0, 0.05) is 11.6 Å². The monoisotopic (exact) mass is 211 g/mol. The molecule has 0 radical (unpaired) electrons. The first kappa shape index (κ1) is 10.8. The molecule has 0 heterocycles. The van der Waals surface area contributed by atoms with Crippen molar-refractivity contribution in [3.63, 3.8) is 0 Å². The van der Waals surface area contributed by atoms with E-state index in [4.69, 9.17) is 5.11 Å². The van der Waals surface area contributed by atoms with Crippen LogP contribution in [-0.2, 0) is 4.79 Å². The molecular formula is C9H6FNO4. The van der Waals surface area contributed by atoms with Crippen molar-refractivity contribution in [3.8, 4) is 0 Å². The minimum Gasteiger partial charge on any atom is -0.478 e. The minimum atomic E-state index is -1.37. The highest BCUT2D eigenvalue weighted by atomic mass is 19.1. The summed E-state index contributed by atoms with van der Waals surface area (Å²) >= 11 is 0. The van der Waals surface area contributed by atoms with Gasteiger partial charge in [-0.05, 0) is 6.07 Å². The summed E-state index contributed by atoms with van der Waals surface area (Å²) in [5, 5.41) is 18.8. The molecule has 1 aromatic carbocycles. The lowest BCUT2D eigenvalue weighted by atomic mass is 10.1. The first-order valence-electron chi connectivity index (χ1n) is 3.80. The number of nitro benzene ring substituents is 1. The van der Waals surface area contributed by atoms with Crippen molar-refractivity contribution >= 4 is 17.2 Å². The summed E-state index contributed by atoms with van der Waals surface area (Å²) in [4.78, 5) is 20.0. The van der Waals surface area contributed by atoms with Crippen molar-refractivity contribution in [2.75, 3.05) is 0 Å². The summed E-state index contributed by atoms with van der Waals surface area (Å²) in [5.74, 6) is -2.35. The Hall–Kier alpha value is -2.24. The smallest absolute Gasteiger partial charge is 0.335 e. The van der Waals surface area contributed by atoms with Gasteiger partial charge < -0.3 is 5.11 Å². The number of non-ortho nitro benzene ring substituents is 1. The van der Waals surface area contributed by atoms with Gasteiger partial charge in [-0.1, -0.05) is 6.58 Å². The van der Waals surface area contributed by atoms with Gasteiger partial charge in [0.05, 0.1) is 16.6 Å². The highest BCUT2D eigenvalue weighted by molar-refractivity contribution is 6.14. The van der Waals surface area contributed by atoms with E-state index < -0.39 is 28.0 Å². The van der Waals surface area contributed by atoms with Crippen LogP contribution < -0.4 is 0 Å². The molecule has 1 rings (SSSR count). The molecule has 6 heteroatoms. The molecule has 1 aromatic rings. The molecule has 0 bridgehead atoms. The molecule has 0 aliphatic rings. The molecular weight excluding hydrogens is 205 g/mol. The number of nitro groups is 1. The Kier molecular flexibility index (Phi) is 2.80. The number of benzene rings is 1. The predicted molar refractivity (Wildman–Crippen MR) is 49.7 cm³/mol. The lowest BCUT2D eigenvalue weighted by Gasteiger charge is -2.01. The fraction of sp³-hybridized carbons (Fsp3) is 0. The lowest BCUT2D eigenvalue weighted by Crippen LogP contribution is -2.01. The number of aliphatic carboxylic acids is 1. The SMILES string of the molecule is C=C(C(=O)O)c1ccc([N+](=O)[O-])cc1F. The fourth-order valence-electron chi connectivity index (χ4n) is 0.978. The topological polar surface area (TPSA) is 80.4 Å². The van der Waals surface area contributed by atoms with E-state index in [0.29, 0.717) is 6.07 Å². The number of carboxylic acids is 1. The van der Waals surface area contributed by atoms with E-state index in [2.05, 4.69) is 6.58 Å². The largest absolute Gasteiger partial charge is 0.478 e. The summed E-state index contributed by atoms with van der Waals surface area (Å²) in [6.45, 7) is 3.15. The molecule has 0 unspecified atom stereocenters. The third-order valence-corrected chi connectivity index (χ3v) is 1.75. The number of hydrogen-bond donors (Lipinski definition) is 1. The van der Waals surface area contributed by atoms with E-state index in [0.717, 1.165) is 12.1 Å². The number of carboxylic acid groups (broad SMARTS) is 1. The number of halogens is 1. The zero-order chi connectivity index (χ0) is 11.6. The van der Waals surface area contributed by atoms with Crippen molar-refractivity contribution < 1.29 is 19.2 Å². The van der Waals surface area contributed by atoms with Gasteiger partial charge in [0.1, 0.15) is 5.82 Å². The molecule has 0 aliphatic carbocycles. The molecule has 0 atom stereocenters. The van der Waals surface area contributed by atoms with Gasteiger partial charge in [0.2, 0.25) is 0 Å². The van der Waals surface area contributed by atoms with Crippen molar-refractivity contribution in [1.29, 1.82) is 0 Å². The van der Waals surface area contributed by atoms with Gasteiger partial charge in [0.25, 0.3) is 5.69 Å². The quantitative estimate of drug-likeness (QED) is 0.469. The maximum absolute atomic E-state index is 13.2. The van der Waals surface area contributed by atoms with Crippen LogP contribution in [0.3, 0.4) is 0 Å². The summed E-state index contributed by atoms with van der Waals surface area (Å²) in [6.07, 6.45) is 0. The van der Waals surface area contributed by atoms with Crippen molar-refractivity contribution in [2.24, 2.45) is 0 Å². The zero-order valence-corrected chi connectivity index (χ0v) is 7.44. The number of hydrogen-bond acceptors (Lipinski definition) is 3. The third kappa shape index (κ3) is 2.16. The highest BCUT2D eigenvalue weighted by Gasteiger charge is 2.15. The van der Waals surface area contributed by atoms with Crippen molar-refractivity contribution in [2.45, 2.75) is 0 Å². The second kappa shape index (κ2) is 3.87. The van der Waals surface area contributed by atoms with Gasteiger partial charge >= 0.3 is 5.97 Å². The molecule has 1 N–H and O–H groups in total. The standard InChI is InChI=1S/C9H6FNO4/c1-5(9(12)13)7-3-2-6(11(14)15)4-8(7)10/h2-4H,1H2,(H,12,13). The molecule has 0 saturated carbocycles. The third-order valence-electron chi connectivity index (χ3n) is 1.75. The van der Waals surface area contributed by atoms with Crippen LogP contribution in [0.25, 0.3) is 5.57 Å². The Morgan fingerprint density at radius 2 is 2.13 bits per heavy atom. The first-order chi connectivity index (χ1) is 6.93. The summed E-state index contributed by atoms with van der Waals surface area (Å²) in [5.41, 5.74) is -1.13. The van der Waals surface area contributed by atoms with E-state index in [1.165, 1.54) is 0 Å². The molecule has 0 aliphatic heterocycles. The summed E-state index contributed by atoms with van der Waals surface area (Å²) in [6, 6.07) is 2.69. The Bertz CT molecular complexity index is 455. The second-order valence-corrected chi connectivity index (χ2v) is 2.70. The van der Waals surface area contributed by atoms with E-state index in [9.17, 15) is 19.3 Å². The van der Waals surface area contributed by atoms with Gasteiger partial charge in [0.15, 0.2) is 0 Å². The van der Waals surface area contributed by atoms with Crippen molar-refractivity contribution in [3.05, 3.63) is 46.3 Å². The first-order valence-corrected chi connectivity index (χ1v) is 3.80. The van der Waals surface area contributed by atoms with Crippen LogP contribution >= 0.6 is 0 Å². The maximum atomic E-state index is 13.2. The van der Waals surface area contributed by atoms with Crippen LogP contribution in [0.15, 0.2) is 24.8 Å². The molecule has 5 nitrogen and oxygen atoms in total. The maximum Gasteiger partial charge on any atom is 0.335 e. The van der Waals surface area contributed by atoms with E-state index in [-0.39, 0.29) is 5.56 Å². The van der Waals surface area contributed by atoms with Crippen LogP contribution in [0.1, 0.15) is 5.56 Å². The average Bonchev–Trinajstić information content (AvgIpc) is 2.16. The molecule has 78 valence electrons. The normalized spacial score (nSPS) is 9.67. The van der Waals surface area contributed by atoms with Gasteiger partial charge in [-0.3, -0.25) is 10.1 Å². The Balaban J connectivity index is 3.19. The number of nitrogens with zero attached hydrogens (tertiary/aromatic N) is 1. The molecule has 15 heavy (non-hydrogen) atoms. The lowest BCUT2D eigenvalue weighted by molar-refractivity contribution is -0.385. The molecule has 0 saturated heterocycles. The Labute approximate surface area is 83.6 Å². The Morgan fingerprint density at radius 1 is 1.53 bits per heavy atom. The second-order valence-electron chi connectivity index (χ2n) is 2.70. The van der Waals surface area contributed by atoms with Crippen molar-refractivity contribution in [1.82, 2.24) is 0 Å². The Morgan fingerprint density at radius 3 is 2.53 bits per heavy atom. The zero-order valence-electron chi connectivity index (χ0n) is 7.44. The number of carbonyl (C=O) groups is 1. The van der Waals surface area contributed by atoms with E-state index in [1.807, 2.05) is 0 Å². The van der Waals surface area contributed by atoms with Gasteiger partial charge in [-0.2, -0.15) is 0 Å². The number of rotatable bonds is 3. The van der Waals surface area contributed by atoms with Crippen LogP contribution in [-0.4, -0.2) is 16.0 Å². The van der Waals surface area contributed by atoms with Crippen LogP contribution in [0.2, 0.25) is 0 Å². The molecule has 0 amide bonds. The minimum absolute atomic E-state index is 0.256.